The van der Waals surface area contributed by atoms with Gasteiger partial charge in [0.25, 0.3) is 5.56 Å². The van der Waals surface area contributed by atoms with E-state index >= 15 is 0 Å². The van der Waals surface area contributed by atoms with Gasteiger partial charge in [0.1, 0.15) is 0 Å². The summed E-state index contributed by atoms with van der Waals surface area (Å²) in [6, 6.07) is 7.47. The molecule has 0 aliphatic carbocycles. The second-order valence-electron chi connectivity index (χ2n) is 7.08. The maximum absolute atomic E-state index is 12.8. The molecule has 0 spiro atoms. The zero-order valence-corrected chi connectivity index (χ0v) is 18.3. The minimum Gasteiger partial charge on any atom is -0.323 e. The first kappa shape index (κ1) is 21.3. The van der Waals surface area contributed by atoms with Crippen molar-refractivity contribution in [2.45, 2.75) is 45.8 Å². The molecule has 0 atom stereocenters. The molecule has 10 nitrogen and oxygen atoms in total. The third kappa shape index (κ3) is 4.54. The van der Waals surface area contributed by atoms with Crippen molar-refractivity contribution in [1.29, 1.82) is 0 Å². The number of nitrogens with one attached hydrogen (secondary N) is 1. The van der Waals surface area contributed by atoms with E-state index in [-0.39, 0.29) is 23.0 Å². The molecule has 162 valence electrons. The molecular formula is C19H20Cl2N8O2. The molecule has 4 aromatic rings. The number of halogens is 2. The monoisotopic (exact) mass is 462 g/mol. The average Bonchev–Trinajstić information content (AvgIpc) is 3.34. The number of imidazole rings is 1. The first-order chi connectivity index (χ1) is 15.0. The van der Waals surface area contributed by atoms with Crippen molar-refractivity contribution in [2.75, 3.05) is 0 Å². The lowest BCUT2D eigenvalue weighted by Crippen LogP contribution is -2.40. The van der Waals surface area contributed by atoms with Crippen molar-refractivity contribution >= 4 is 34.4 Å². The van der Waals surface area contributed by atoms with E-state index in [4.69, 9.17) is 23.2 Å². The average molecular weight is 463 g/mol. The molecule has 12 heteroatoms. The summed E-state index contributed by atoms with van der Waals surface area (Å²) in [6.45, 7) is 3.00. The van der Waals surface area contributed by atoms with Crippen LogP contribution in [-0.2, 0) is 26.1 Å². The molecule has 3 heterocycles. The maximum Gasteiger partial charge on any atom is 0.332 e. The molecule has 0 fully saturated rings. The maximum atomic E-state index is 12.8. The molecule has 0 saturated carbocycles. The number of aromatic nitrogens is 8. The lowest BCUT2D eigenvalue weighted by Gasteiger charge is -2.10. The number of aromatic amines is 1. The minimum atomic E-state index is -0.444. The fourth-order valence-corrected chi connectivity index (χ4v) is 3.79. The van der Waals surface area contributed by atoms with Crippen LogP contribution in [0.25, 0.3) is 11.2 Å². The van der Waals surface area contributed by atoms with Crippen LogP contribution in [0.15, 0.2) is 33.9 Å². The number of H-pyrrole nitrogens is 1. The van der Waals surface area contributed by atoms with E-state index in [1.54, 1.807) is 6.07 Å². The van der Waals surface area contributed by atoms with E-state index in [9.17, 15) is 9.59 Å². The Balaban J connectivity index is 1.48. The predicted octanol–water partition coefficient (Wildman–Crippen LogP) is 2.27. The Morgan fingerprint density at radius 1 is 1.10 bits per heavy atom. The van der Waals surface area contributed by atoms with Crippen molar-refractivity contribution in [3.8, 4) is 0 Å². The van der Waals surface area contributed by atoms with E-state index in [2.05, 4.69) is 25.4 Å². The van der Waals surface area contributed by atoms with E-state index in [0.717, 1.165) is 12.0 Å². The van der Waals surface area contributed by atoms with Crippen LogP contribution in [-0.4, -0.2) is 39.3 Å². The molecule has 0 aliphatic rings. The topological polar surface area (TPSA) is 116 Å². The summed E-state index contributed by atoms with van der Waals surface area (Å²) in [6.07, 6.45) is 1.70. The van der Waals surface area contributed by atoms with Gasteiger partial charge in [-0.25, -0.2) is 4.79 Å². The number of hydrogen-bond acceptors (Lipinski definition) is 6. The van der Waals surface area contributed by atoms with Crippen LogP contribution in [0.3, 0.4) is 0 Å². The molecule has 0 radical (unpaired) electrons. The molecule has 0 aliphatic heterocycles. The van der Waals surface area contributed by atoms with Crippen LogP contribution >= 0.6 is 23.2 Å². The van der Waals surface area contributed by atoms with Gasteiger partial charge in [-0.05, 0) is 47.4 Å². The minimum absolute atomic E-state index is 0.0770. The van der Waals surface area contributed by atoms with Gasteiger partial charge in [-0.1, -0.05) is 30.7 Å². The van der Waals surface area contributed by atoms with E-state index in [0.29, 0.717) is 36.8 Å². The second-order valence-corrected chi connectivity index (χ2v) is 7.87. The number of aryl methyl sites for hydroxylation is 2. The number of hydrogen-bond donors (Lipinski definition) is 1. The SMILES string of the molecule is CCCn1c(=O)n(CCCn2nnc(Cc3cccc(Cl)c3)n2)c(=O)c2[nH]c(Cl)nc21. The van der Waals surface area contributed by atoms with E-state index in [1.807, 2.05) is 25.1 Å². The number of nitrogens with zero attached hydrogens (tertiary/aromatic N) is 7. The van der Waals surface area contributed by atoms with Gasteiger partial charge in [0.15, 0.2) is 17.0 Å². The van der Waals surface area contributed by atoms with Crippen LogP contribution < -0.4 is 11.2 Å². The Morgan fingerprint density at radius 2 is 1.94 bits per heavy atom. The summed E-state index contributed by atoms with van der Waals surface area (Å²) < 4.78 is 2.66. The van der Waals surface area contributed by atoms with Gasteiger partial charge in [0, 0.05) is 24.5 Å². The van der Waals surface area contributed by atoms with Crippen LogP contribution in [0.2, 0.25) is 10.3 Å². The van der Waals surface area contributed by atoms with Gasteiger partial charge in [-0.2, -0.15) is 9.78 Å². The normalized spacial score (nSPS) is 11.5. The van der Waals surface area contributed by atoms with Gasteiger partial charge in [0.2, 0.25) is 5.28 Å². The highest BCUT2D eigenvalue weighted by atomic mass is 35.5. The van der Waals surface area contributed by atoms with Crippen molar-refractivity contribution in [3.63, 3.8) is 0 Å². The number of tetrazole rings is 1. The number of fused-ring (bicyclic) bond motifs is 1. The molecule has 31 heavy (non-hydrogen) atoms. The van der Waals surface area contributed by atoms with Crippen molar-refractivity contribution in [2.24, 2.45) is 0 Å². The highest BCUT2D eigenvalue weighted by molar-refractivity contribution is 6.30. The first-order valence-corrected chi connectivity index (χ1v) is 10.6. The molecule has 0 amide bonds. The van der Waals surface area contributed by atoms with Gasteiger partial charge in [0.05, 0.1) is 6.54 Å². The van der Waals surface area contributed by atoms with Gasteiger partial charge in [-0.15, -0.1) is 10.2 Å². The third-order valence-electron chi connectivity index (χ3n) is 4.76. The van der Waals surface area contributed by atoms with Crippen LogP contribution in [0, 0.1) is 0 Å². The molecule has 4 rings (SSSR count). The third-order valence-corrected chi connectivity index (χ3v) is 5.18. The number of benzene rings is 1. The van der Waals surface area contributed by atoms with Crippen molar-refractivity contribution in [3.05, 3.63) is 66.8 Å². The Bertz CT molecular complexity index is 1340. The first-order valence-electron chi connectivity index (χ1n) is 9.86. The summed E-state index contributed by atoms with van der Waals surface area (Å²) in [5.74, 6) is 0.568. The Labute approximate surface area is 186 Å². The second kappa shape index (κ2) is 9.03. The van der Waals surface area contributed by atoms with Crippen LogP contribution in [0.5, 0.6) is 0 Å². The molecule has 1 aromatic carbocycles. The molecular weight excluding hydrogens is 443 g/mol. The highest BCUT2D eigenvalue weighted by Crippen LogP contribution is 2.13. The van der Waals surface area contributed by atoms with Crippen molar-refractivity contribution in [1.82, 2.24) is 39.3 Å². The zero-order chi connectivity index (χ0) is 22.0. The summed E-state index contributed by atoms with van der Waals surface area (Å²) in [7, 11) is 0. The number of rotatable bonds is 8. The summed E-state index contributed by atoms with van der Waals surface area (Å²) in [5, 5.41) is 13.2. The highest BCUT2D eigenvalue weighted by Gasteiger charge is 2.16. The van der Waals surface area contributed by atoms with Crippen LogP contribution in [0.1, 0.15) is 31.2 Å². The Kier molecular flexibility index (Phi) is 6.19. The quantitative estimate of drug-likeness (QED) is 0.401. The van der Waals surface area contributed by atoms with Gasteiger partial charge < -0.3 is 4.98 Å². The molecule has 0 bridgehead atoms. The lowest BCUT2D eigenvalue weighted by molar-refractivity contribution is 0.453. The lowest BCUT2D eigenvalue weighted by atomic mass is 10.1. The molecule has 1 N–H and O–H groups in total. The Hall–Kier alpha value is -2.98. The standard InChI is InChI=1S/C19H20Cl2N8O2/c1-2-7-27-16-15(22-18(21)23-16)17(30)28(19(27)31)8-4-9-29-25-14(24-26-29)11-12-5-3-6-13(20)10-12/h3,5-6,10H,2,4,7-9,11H2,1H3,(H,22,23). The molecule has 3 aromatic heterocycles. The fraction of sp³-hybridized carbons (Fsp3) is 0.368. The van der Waals surface area contributed by atoms with E-state index in [1.165, 1.54) is 13.9 Å². The predicted molar refractivity (Wildman–Crippen MR) is 117 cm³/mol. The van der Waals surface area contributed by atoms with Crippen LogP contribution in [0.4, 0.5) is 0 Å². The van der Waals surface area contributed by atoms with Crippen molar-refractivity contribution < 1.29 is 0 Å². The zero-order valence-electron chi connectivity index (χ0n) is 16.8. The van der Waals surface area contributed by atoms with E-state index < -0.39 is 11.2 Å². The fourth-order valence-electron chi connectivity index (χ4n) is 3.40. The summed E-state index contributed by atoms with van der Waals surface area (Å²) in [4.78, 5) is 33.9. The Morgan fingerprint density at radius 3 is 2.71 bits per heavy atom. The molecule has 0 saturated heterocycles. The largest absolute Gasteiger partial charge is 0.332 e. The molecule has 0 unspecified atom stereocenters. The van der Waals surface area contributed by atoms with Gasteiger partial charge in [-0.3, -0.25) is 13.9 Å². The summed E-state index contributed by atoms with van der Waals surface area (Å²) in [5.41, 5.74) is 0.639. The van der Waals surface area contributed by atoms with Gasteiger partial charge >= 0.3 is 5.69 Å². The smallest absolute Gasteiger partial charge is 0.323 e. The summed E-state index contributed by atoms with van der Waals surface area (Å²) >= 11 is 11.9.